The summed E-state index contributed by atoms with van der Waals surface area (Å²) in [7, 11) is 0. The minimum absolute atomic E-state index is 0.243. The van der Waals surface area contributed by atoms with Gasteiger partial charge in [-0.25, -0.2) is 9.79 Å². The summed E-state index contributed by atoms with van der Waals surface area (Å²) in [5.41, 5.74) is 3.05. The second kappa shape index (κ2) is 6.16. The zero-order valence-corrected chi connectivity index (χ0v) is 12.8. The van der Waals surface area contributed by atoms with Crippen molar-refractivity contribution in [1.29, 1.82) is 0 Å². The highest BCUT2D eigenvalue weighted by atomic mass is 35.5. The third kappa shape index (κ3) is 2.95. The Morgan fingerprint density at radius 1 is 1.14 bits per heavy atom. The predicted molar refractivity (Wildman–Crippen MR) is 87.9 cm³/mol. The number of carbonyl (C=O) groups excluding carboxylic acids is 1. The Bertz CT molecular complexity index is 776. The summed E-state index contributed by atoms with van der Waals surface area (Å²) >= 11 is 6.10. The molecule has 4 heteroatoms. The van der Waals surface area contributed by atoms with Gasteiger partial charge in [0.25, 0.3) is 0 Å². The molecule has 0 saturated heterocycles. The molecule has 0 unspecified atom stereocenters. The van der Waals surface area contributed by atoms with Crippen LogP contribution in [-0.4, -0.2) is 11.9 Å². The standard InChI is InChI=1S/C18H14ClNO2/c1-2-12-7-9-13(10-8-12)11-16-18(21)22-17(20-16)14-5-3-4-6-15(14)19/h3-11H,2H2,1H3/b16-11+. The number of esters is 1. The van der Waals surface area contributed by atoms with Crippen LogP contribution >= 0.6 is 11.6 Å². The van der Waals surface area contributed by atoms with Crippen LogP contribution in [0.4, 0.5) is 0 Å². The predicted octanol–water partition coefficient (Wildman–Crippen LogP) is 4.25. The summed E-state index contributed by atoms with van der Waals surface area (Å²) in [5.74, 6) is -0.221. The summed E-state index contributed by atoms with van der Waals surface area (Å²) in [6.07, 6.45) is 2.69. The van der Waals surface area contributed by atoms with E-state index in [9.17, 15) is 4.79 Å². The Kier molecular flexibility index (Phi) is 4.07. The molecule has 2 aromatic rings. The fourth-order valence-corrected chi connectivity index (χ4v) is 2.38. The second-order valence-corrected chi connectivity index (χ2v) is 5.32. The summed E-state index contributed by atoms with van der Waals surface area (Å²) in [5, 5.41) is 0.502. The lowest BCUT2D eigenvalue weighted by Gasteiger charge is -2.00. The third-order valence-corrected chi connectivity index (χ3v) is 3.75. The molecule has 3 nitrogen and oxygen atoms in total. The normalized spacial score (nSPS) is 15.8. The van der Waals surface area contributed by atoms with Gasteiger partial charge in [-0.1, -0.05) is 54.9 Å². The Labute approximate surface area is 133 Å². The minimum Gasteiger partial charge on any atom is -0.402 e. The Morgan fingerprint density at radius 2 is 1.86 bits per heavy atom. The monoisotopic (exact) mass is 311 g/mol. The van der Waals surface area contributed by atoms with Gasteiger partial charge in [-0.15, -0.1) is 0 Å². The van der Waals surface area contributed by atoms with Crippen molar-refractivity contribution in [2.75, 3.05) is 0 Å². The maximum atomic E-state index is 11.9. The topological polar surface area (TPSA) is 38.7 Å². The number of benzene rings is 2. The SMILES string of the molecule is CCc1ccc(/C=C2/N=C(c3ccccc3Cl)OC2=O)cc1. The van der Waals surface area contributed by atoms with Gasteiger partial charge in [0.05, 0.1) is 10.6 Å². The van der Waals surface area contributed by atoms with Gasteiger partial charge in [0.2, 0.25) is 5.90 Å². The van der Waals surface area contributed by atoms with E-state index in [1.807, 2.05) is 36.4 Å². The van der Waals surface area contributed by atoms with Crippen LogP contribution < -0.4 is 0 Å². The van der Waals surface area contributed by atoms with Crippen molar-refractivity contribution in [2.45, 2.75) is 13.3 Å². The molecule has 2 aromatic carbocycles. The summed E-state index contributed by atoms with van der Waals surface area (Å²) in [6.45, 7) is 2.10. The van der Waals surface area contributed by atoms with Gasteiger partial charge in [-0.05, 0) is 35.8 Å². The molecule has 1 heterocycles. The number of rotatable bonds is 3. The average molecular weight is 312 g/mol. The number of hydrogen-bond donors (Lipinski definition) is 0. The van der Waals surface area contributed by atoms with Crippen LogP contribution in [0, 0.1) is 0 Å². The Balaban J connectivity index is 1.92. The van der Waals surface area contributed by atoms with E-state index in [0.717, 1.165) is 12.0 Å². The number of carbonyl (C=O) groups is 1. The molecule has 0 atom stereocenters. The van der Waals surface area contributed by atoms with E-state index in [-0.39, 0.29) is 11.6 Å². The number of nitrogens with zero attached hydrogens (tertiary/aromatic N) is 1. The molecule has 0 radical (unpaired) electrons. The van der Waals surface area contributed by atoms with Crippen LogP contribution in [0.2, 0.25) is 5.02 Å². The van der Waals surface area contributed by atoms with Crippen LogP contribution in [0.5, 0.6) is 0 Å². The molecule has 0 spiro atoms. The van der Waals surface area contributed by atoms with E-state index in [2.05, 4.69) is 11.9 Å². The molecule has 0 aromatic heterocycles. The number of aliphatic imine (C=N–C) groups is 1. The molecule has 3 rings (SSSR count). The van der Waals surface area contributed by atoms with E-state index in [0.29, 0.717) is 10.6 Å². The number of hydrogen-bond acceptors (Lipinski definition) is 3. The van der Waals surface area contributed by atoms with Gasteiger partial charge in [0, 0.05) is 0 Å². The molecule has 0 bridgehead atoms. The van der Waals surface area contributed by atoms with Crippen LogP contribution in [0.1, 0.15) is 23.6 Å². The van der Waals surface area contributed by atoms with E-state index >= 15 is 0 Å². The number of ether oxygens (including phenoxy) is 1. The average Bonchev–Trinajstić information content (AvgIpc) is 2.89. The molecule has 0 fully saturated rings. The molecule has 0 amide bonds. The minimum atomic E-state index is -0.463. The maximum absolute atomic E-state index is 11.9. The van der Waals surface area contributed by atoms with Gasteiger partial charge < -0.3 is 4.74 Å². The van der Waals surface area contributed by atoms with E-state index in [4.69, 9.17) is 16.3 Å². The summed E-state index contributed by atoms with van der Waals surface area (Å²) in [4.78, 5) is 16.2. The van der Waals surface area contributed by atoms with Crippen molar-refractivity contribution in [3.8, 4) is 0 Å². The largest absolute Gasteiger partial charge is 0.402 e. The van der Waals surface area contributed by atoms with Crippen LogP contribution in [0.3, 0.4) is 0 Å². The van der Waals surface area contributed by atoms with Gasteiger partial charge in [0.15, 0.2) is 5.70 Å². The van der Waals surface area contributed by atoms with E-state index in [1.54, 1.807) is 18.2 Å². The van der Waals surface area contributed by atoms with Gasteiger partial charge in [0.1, 0.15) is 0 Å². The molecule has 22 heavy (non-hydrogen) atoms. The lowest BCUT2D eigenvalue weighted by molar-refractivity contribution is -0.129. The molecule has 0 aliphatic carbocycles. The van der Waals surface area contributed by atoms with E-state index < -0.39 is 5.97 Å². The first-order valence-corrected chi connectivity index (χ1v) is 7.41. The number of aryl methyl sites for hydroxylation is 1. The fourth-order valence-electron chi connectivity index (χ4n) is 2.17. The highest BCUT2D eigenvalue weighted by Crippen LogP contribution is 2.23. The number of cyclic esters (lactones) is 1. The molecule has 110 valence electrons. The number of halogens is 1. The highest BCUT2D eigenvalue weighted by Gasteiger charge is 2.25. The molecular weight excluding hydrogens is 298 g/mol. The first kappa shape index (κ1) is 14.5. The zero-order valence-electron chi connectivity index (χ0n) is 12.0. The first-order chi connectivity index (χ1) is 10.7. The Morgan fingerprint density at radius 3 is 2.55 bits per heavy atom. The smallest absolute Gasteiger partial charge is 0.363 e. The highest BCUT2D eigenvalue weighted by molar-refractivity contribution is 6.34. The maximum Gasteiger partial charge on any atom is 0.363 e. The van der Waals surface area contributed by atoms with Crippen molar-refractivity contribution >= 4 is 29.5 Å². The molecule has 0 N–H and O–H groups in total. The quantitative estimate of drug-likeness (QED) is 0.628. The third-order valence-electron chi connectivity index (χ3n) is 3.42. The molecule has 0 saturated carbocycles. The molecule has 1 aliphatic heterocycles. The fraction of sp³-hybridized carbons (Fsp3) is 0.111. The van der Waals surface area contributed by atoms with Crippen LogP contribution in [-0.2, 0) is 16.0 Å². The lowest BCUT2D eigenvalue weighted by atomic mass is 10.1. The van der Waals surface area contributed by atoms with Crippen LogP contribution in [0.25, 0.3) is 6.08 Å². The van der Waals surface area contributed by atoms with Crippen molar-refractivity contribution in [3.63, 3.8) is 0 Å². The zero-order chi connectivity index (χ0) is 15.5. The summed E-state index contributed by atoms with van der Waals surface area (Å²) < 4.78 is 5.22. The van der Waals surface area contributed by atoms with Crippen molar-refractivity contribution in [2.24, 2.45) is 4.99 Å². The van der Waals surface area contributed by atoms with Crippen molar-refractivity contribution in [1.82, 2.24) is 0 Å². The van der Waals surface area contributed by atoms with Gasteiger partial charge >= 0.3 is 5.97 Å². The second-order valence-electron chi connectivity index (χ2n) is 4.91. The van der Waals surface area contributed by atoms with Crippen LogP contribution in [0.15, 0.2) is 59.2 Å². The van der Waals surface area contributed by atoms with Crippen molar-refractivity contribution < 1.29 is 9.53 Å². The lowest BCUT2D eigenvalue weighted by Crippen LogP contribution is -2.05. The molecule has 1 aliphatic rings. The van der Waals surface area contributed by atoms with Gasteiger partial charge in [-0.2, -0.15) is 0 Å². The Hall–Kier alpha value is -2.39. The van der Waals surface area contributed by atoms with E-state index in [1.165, 1.54) is 5.56 Å². The summed E-state index contributed by atoms with van der Waals surface area (Å²) in [6, 6.07) is 15.1. The first-order valence-electron chi connectivity index (χ1n) is 7.04. The van der Waals surface area contributed by atoms with Crippen molar-refractivity contribution in [3.05, 3.63) is 75.9 Å². The van der Waals surface area contributed by atoms with Gasteiger partial charge in [-0.3, -0.25) is 0 Å². The molecular formula is C18H14ClNO2.